The number of rotatable bonds is 10. The van der Waals surface area contributed by atoms with E-state index in [2.05, 4.69) is 24.5 Å². The highest BCUT2D eigenvalue weighted by molar-refractivity contribution is 5.79. The van der Waals surface area contributed by atoms with Gasteiger partial charge in [0.05, 0.1) is 12.4 Å². The Bertz CT molecular complexity index is 453. The van der Waals surface area contributed by atoms with E-state index in [1.165, 1.54) is 25.7 Å². The molecule has 1 aromatic rings. The zero-order chi connectivity index (χ0) is 17.0. The van der Waals surface area contributed by atoms with Gasteiger partial charge in [-0.25, -0.2) is 0 Å². The Morgan fingerprint density at radius 2 is 2.17 bits per heavy atom. The van der Waals surface area contributed by atoms with Gasteiger partial charge < -0.3 is 19.8 Å². The van der Waals surface area contributed by atoms with Gasteiger partial charge >= 0.3 is 0 Å². The molecule has 2 N–H and O–H groups in total. The first-order valence-electron chi connectivity index (χ1n) is 9.49. The highest BCUT2D eigenvalue weighted by atomic mass is 16.5. The SMILES string of the molecule is CCNC(=NCCC(OCC)C1CCCC1)NCCc1ccco1. The van der Waals surface area contributed by atoms with Gasteiger partial charge in [-0.05, 0) is 51.2 Å². The number of furan rings is 1. The summed E-state index contributed by atoms with van der Waals surface area (Å²) in [5, 5.41) is 6.68. The summed E-state index contributed by atoms with van der Waals surface area (Å²) in [5.74, 6) is 2.61. The molecule has 1 atom stereocenters. The van der Waals surface area contributed by atoms with E-state index in [0.717, 1.165) is 56.7 Å². The van der Waals surface area contributed by atoms with Crippen LogP contribution in [0.3, 0.4) is 0 Å². The molecule has 1 unspecified atom stereocenters. The van der Waals surface area contributed by atoms with Gasteiger partial charge in [-0.1, -0.05) is 12.8 Å². The molecule has 1 aromatic heterocycles. The largest absolute Gasteiger partial charge is 0.469 e. The van der Waals surface area contributed by atoms with Crippen molar-refractivity contribution in [3.8, 4) is 0 Å². The lowest BCUT2D eigenvalue weighted by Gasteiger charge is -2.22. The fraction of sp³-hybridized carbons (Fsp3) is 0.737. The average Bonchev–Trinajstić information content (AvgIpc) is 3.28. The van der Waals surface area contributed by atoms with Gasteiger partial charge in [0.25, 0.3) is 0 Å². The lowest BCUT2D eigenvalue weighted by molar-refractivity contribution is 0.0177. The van der Waals surface area contributed by atoms with Crippen molar-refractivity contribution < 1.29 is 9.15 Å². The van der Waals surface area contributed by atoms with Gasteiger partial charge in [-0.15, -0.1) is 0 Å². The van der Waals surface area contributed by atoms with Gasteiger partial charge in [0.1, 0.15) is 5.76 Å². The quantitative estimate of drug-likeness (QED) is 0.508. The first kappa shape index (κ1) is 18.8. The minimum Gasteiger partial charge on any atom is -0.469 e. The second-order valence-electron chi connectivity index (χ2n) is 6.34. The third-order valence-corrected chi connectivity index (χ3v) is 4.58. The third-order valence-electron chi connectivity index (χ3n) is 4.58. The lowest BCUT2D eigenvalue weighted by Crippen LogP contribution is -2.38. The molecule has 0 aromatic carbocycles. The number of guanidine groups is 1. The zero-order valence-corrected chi connectivity index (χ0v) is 15.2. The van der Waals surface area contributed by atoms with Gasteiger partial charge in [-0.3, -0.25) is 4.99 Å². The molecule has 0 aliphatic heterocycles. The van der Waals surface area contributed by atoms with Crippen LogP contribution in [-0.4, -0.2) is 38.3 Å². The van der Waals surface area contributed by atoms with Crippen molar-refractivity contribution in [2.45, 2.75) is 58.5 Å². The summed E-state index contributed by atoms with van der Waals surface area (Å²) < 4.78 is 11.3. The molecule has 1 aliphatic carbocycles. The van der Waals surface area contributed by atoms with Crippen molar-refractivity contribution in [3.63, 3.8) is 0 Å². The molecule has 136 valence electrons. The van der Waals surface area contributed by atoms with Crippen molar-refractivity contribution >= 4 is 5.96 Å². The molecule has 0 saturated heterocycles. The predicted octanol–water partition coefficient (Wildman–Crippen LogP) is 3.36. The number of hydrogen-bond acceptors (Lipinski definition) is 3. The maximum atomic E-state index is 5.98. The van der Waals surface area contributed by atoms with E-state index in [0.29, 0.717) is 6.10 Å². The molecule has 1 aliphatic rings. The van der Waals surface area contributed by atoms with Crippen LogP contribution in [0.4, 0.5) is 0 Å². The Hall–Kier alpha value is -1.49. The first-order valence-corrected chi connectivity index (χ1v) is 9.49. The van der Waals surface area contributed by atoms with Crippen LogP contribution in [0, 0.1) is 5.92 Å². The maximum absolute atomic E-state index is 5.98. The van der Waals surface area contributed by atoms with Crippen LogP contribution in [-0.2, 0) is 11.2 Å². The standard InChI is InChI=1S/C19H33N3O2/c1-3-20-19(21-13-11-17-10-7-15-24-17)22-14-12-18(23-4-2)16-8-5-6-9-16/h7,10,15-16,18H,3-6,8-9,11-14H2,1-2H3,(H2,20,21,22). The molecule has 24 heavy (non-hydrogen) atoms. The second-order valence-corrected chi connectivity index (χ2v) is 6.34. The van der Waals surface area contributed by atoms with E-state index in [-0.39, 0.29) is 0 Å². The summed E-state index contributed by atoms with van der Waals surface area (Å²) in [4.78, 5) is 4.71. The van der Waals surface area contributed by atoms with Gasteiger partial charge in [0, 0.05) is 32.7 Å². The van der Waals surface area contributed by atoms with E-state index >= 15 is 0 Å². The highest BCUT2D eigenvalue weighted by Crippen LogP contribution is 2.30. The molecule has 0 spiro atoms. The zero-order valence-electron chi connectivity index (χ0n) is 15.2. The summed E-state index contributed by atoms with van der Waals surface area (Å²) in [7, 11) is 0. The molecule has 1 fully saturated rings. The molecular formula is C19H33N3O2. The fourth-order valence-corrected chi connectivity index (χ4v) is 3.40. The van der Waals surface area contributed by atoms with Crippen molar-refractivity contribution in [1.82, 2.24) is 10.6 Å². The molecule has 2 rings (SSSR count). The molecule has 0 bridgehead atoms. The summed E-state index contributed by atoms with van der Waals surface area (Å²) in [6, 6.07) is 3.92. The van der Waals surface area contributed by atoms with Gasteiger partial charge in [0.2, 0.25) is 0 Å². The van der Waals surface area contributed by atoms with Crippen LogP contribution in [0.2, 0.25) is 0 Å². The van der Waals surface area contributed by atoms with Gasteiger partial charge in [-0.2, -0.15) is 0 Å². The first-order chi connectivity index (χ1) is 11.8. The molecule has 0 amide bonds. The summed E-state index contributed by atoms with van der Waals surface area (Å²) >= 11 is 0. The Balaban J connectivity index is 1.75. The highest BCUT2D eigenvalue weighted by Gasteiger charge is 2.24. The summed E-state index contributed by atoms with van der Waals surface area (Å²) in [6.07, 6.45) is 9.29. The molecule has 1 heterocycles. The normalized spacial score (nSPS) is 17.2. The van der Waals surface area contributed by atoms with Crippen molar-refractivity contribution in [2.24, 2.45) is 10.9 Å². The minimum atomic E-state index is 0.368. The summed E-state index contributed by atoms with van der Waals surface area (Å²) in [5.41, 5.74) is 0. The van der Waals surface area contributed by atoms with E-state index in [1.54, 1.807) is 6.26 Å². The Morgan fingerprint density at radius 3 is 2.83 bits per heavy atom. The monoisotopic (exact) mass is 335 g/mol. The number of ether oxygens (including phenoxy) is 1. The minimum absolute atomic E-state index is 0.368. The maximum Gasteiger partial charge on any atom is 0.191 e. The predicted molar refractivity (Wildman–Crippen MR) is 98.4 cm³/mol. The van der Waals surface area contributed by atoms with Crippen LogP contribution in [0.25, 0.3) is 0 Å². The lowest BCUT2D eigenvalue weighted by atomic mass is 9.98. The van der Waals surface area contributed by atoms with Crippen LogP contribution >= 0.6 is 0 Å². The smallest absolute Gasteiger partial charge is 0.191 e. The van der Waals surface area contributed by atoms with Crippen molar-refractivity contribution in [2.75, 3.05) is 26.2 Å². The van der Waals surface area contributed by atoms with E-state index in [4.69, 9.17) is 14.1 Å². The van der Waals surface area contributed by atoms with Crippen LogP contribution in [0.1, 0.15) is 51.7 Å². The summed E-state index contributed by atoms with van der Waals surface area (Å²) in [6.45, 7) is 7.46. The Kier molecular flexibility index (Phi) is 8.74. The molecule has 5 nitrogen and oxygen atoms in total. The number of nitrogens with zero attached hydrogens (tertiary/aromatic N) is 1. The number of aliphatic imine (C=N–C) groups is 1. The topological polar surface area (TPSA) is 58.8 Å². The second kappa shape index (κ2) is 11.1. The molecule has 0 radical (unpaired) electrons. The molecule has 5 heteroatoms. The fourth-order valence-electron chi connectivity index (χ4n) is 3.40. The Morgan fingerprint density at radius 1 is 1.33 bits per heavy atom. The van der Waals surface area contributed by atoms with E-state index in [9.17, 15) is 0 Å². The molecule has 1 saturated carbocycles. The van der Waals surface area contributed by atoms with Crippen LogP contribution in [0.5, 0.6) is 0 Å². The third kappa shape index (κ3) is 6.56. The number of hydrogen-bond donors (Lipinski definition) is 2. The van der Waals surface area contributed by atoms with Crippen molar-refractivity contribution in [3.05, 3.63) is 24.2 Å². The Labute approximate surface area is 146 Å². The molecular weight excluding hydrogens is 302 g/mol. The average molecular weight is 335 g/mol. The number of nitrogens with one attached hydrogen (secondary N) is 2. The van der Waals surface area contributed by atoms with Crippen LogP contribution in [0.15, 0.2) is 27.8 Å². The van der Waals surface area contributed by atoms with Gasteiger partial charge in [0.15, 0.2) is 5.96 Å². The van der Waals surface area contributed by atoms with Crippen LogP contribution < -0.4 is 10.6 Å². The van der Waals surface area contributed by atoms with Crippen molar-refractivity contribution in [1.29, 1.82) is 0 Å². The van der Waals surface area contributed by atoms with E-state index < -0.39 is 0 Å². The van der Waals surface area contributed by atoms with E-state index in [1.807, 2.05) is 12.1 Å².